The zero-order chi connectivity index (χ0) is 18.1. The molecule has 2 N–H and O–H groups in total. The number of benzene rings is 1. The SMILES string of the molecule is COC(=O)C1Sc2[nH]c(=S)sc2C(c2ccc(O)cc2)C1C(=O)OC. The summed E-state index contributed by atoms with van der Waals surface area (Å²) >= 11 is 7.84. The zero-order valence-electron chi connectivity index (χ0n) is 13.3. The minimum absolute atomic E-state index is 0.120. The maximum Gasteiger partial charge on any atom is 0.320 e. The molecule has 0 amide bonds. The van der Waals surface area contributed by atoms with E-state index in [0.29, 0.717) is 3.95 Å². The van der Waals surface area contributed by atoms with Gasteiger partial charge in [-0.15, -0.1) is 11.3 Å². The number of rotatable bonds is 3. The first-order valence-electron chi connectivity index (χ1n) is 7.30. The van der Waals surface area contributed by atoms with Crippen molar-refractivity contribution in [3.63, 3.8) is 0 Å². The molecule has 1 aromatic carbocycles. The molecule has 132 valence electrons. The van der Waals surface area contributed by atoms with Crippen molar-refractivity contribution in [3.05, 3.63) is 38.7 Å². The van der Waals surface area contributed by atoms with E-state index in [1.165, 1.54) is 37.3 Å². The van der Waals surface area contributed by atoms with Crippen molar-refractivity contribution in [2.75, 3.05) is 14.2 Å². The minimum atomic E-state index is -0.763. The van der Waals surface area contributed by atoms with Crippen molar-refractivity contribution < 1.29 is 24.2 Å². The number of aromatic hydroxyl groups is 1. The fourth-order valence-corrected chi connectivity index (χ4v) is 5.84. The molecule has 1 aromatic heterocycles. The minimum Gasteiger partial charge on any atom is -0.508 e. The van der Waals surface area contributed by atoms with Gasteiger partial charge in [-0.05, 0) is 29.9 Å². The highest BCUT2D eigenvalue weighted by Crippen LogP contribution is 2.50. The molecule has 2 heterocycles. The Bertz CT molecular complexity index is 857. The van der Waals surface area contributed by atoms with E-state index in [9.17, 15) is 14.7 Å². The zero-order valence-corrected chi connectivity index (χ0v) is 15.8. The summed E-state index contributed by atoms with van der Waals surface area (Å²) in [5, 5.41) is 9.56. The lowest BCUT2D eigenvalue weighted by molar-refractivity contribution is -0.151. The van der Waals surface area contributed by atoms with Crippen LogP contribution < -0.4 is 0 Å². The molecule has 9 heteroatoms. The third kappa shape index (κ3) is 3.31. The molecule has 0 aliphatic carbocycles. The molecule has 3 atom stereocenters. The van der Waals surface area contributed by atoms with Gasteiger partial charge in [-0.3, -0.25) is 9.59 Å². The van der Waals surface area contributed by atoms with E-state index in [4.69, 9.17) is 21.7 Å². The molecular formula is C16H15NO5S3. The molecule has 3 rings (SSSR count). The second-order valence-electron chi connectivity index (χ2n) is 5.39. The number of carbonyl (C=O) groups is 2. The van der Waals surface area contributed by atoms with Crippen LogP contribution in [0.4, 0.5) is 0 Å². The highest BCUT2D eigenvalue weighted by Gasteiger charge is 2.48. The standard InChI is InChI=1S/C16H15NO5S3/c1-21-14(19)10-9(7-3-5-8(18)6-4-7)11-13(17-16(23)25-11)24-12(10)15(20)22-2/h3-6,9-10,12,18H,1-2H3,(H,17,23). The number of hydrogen-bond acceptors (Lipinski definition) is 8. The van der Waals surface area contributed by atoms with Gasteiger partial charge in [0.1, 0.15) is 11.0 Å². The van der Waals surface area contributed by atoms with Crippen molar-refractivity contribution in [2.45, 2.75) is 16.2 Å². The second-order valence-corrected chi connectivity index (χ2v) is 8.26. The lowest BCUT2D eigenvalue weighted by Gasteiger charge is -2.34. The fraction of sp³-hybridized carbons (Fsp3) is 0.312. The molecule has 0 radical (unpaired) electrons. The molecule has 0 saturated carbocycles. The van der Waals surface area contributed by atoms with Gasteiger partial charge >= 0.3 is 11.9 Å². The van der Waals surface area contributed by atoms with Crippen LogP contribution in [0.1, 0.15) is 16.4 Å². The van der Waals surface area contributed by atoms with Crippen LogP contribution >= 0.6 is 35.3 Å². The van der Waals surface area contributed by atoms with Gasteiger partial charge < -0.3 is 19.6 Å². The average molecular weight is 397 g/mol. The molecule has 6 nitrogen and oxygen atoms in total. The highest BCUT2D eigenvalue weighted by molar-refractivity contribution is 8.00. The van der Waals surface area contributed by atoms with Gasteiger partial charge in [-0.1, -0.05) is 23.9 Å². The number of methoxy groups -OCH3 is 2. The predicted molar refractivity (Wildman–Crippen MR) is 96.6 cm³/mol. The summed E-state index contributed by atoms with van der Waals surface area (Å²) in [4.78, 5) is 28.8. The smallest absolute Gasteiger partial charge is 0.320 e. The van der Waals surface area contributed by atoms with E-state index in [2.05, 4.69) is 4.98 Å². The van der Waals surface area contributed by atoms with Gasteiger partial charge in [0, 0.05) is 10.8 Å². The monoisotopic (exact) mass is 397 g/mol. The van der Waals surface area contributed by atoms with E-state index in [1.807, 2.05) is 0 Å². The Morgan fingerprint density at radius 1 is 1.16 bits per heavy atom. The lowest BCUT2D eigenvalue weighted by atomic mass is 9.82. The van der Waals surface area contributed by atoms with Crippen molar-refractivity contribution in [1.82, 2.24) is 4.98 Å². The number of hydrogen-bond donors (Lipinski definition) is 2. The molecule has 0 fully saturated rings. The fourth-order valence-electron chi connectivity index (χ4n) is 2.90. The number of aromatic amines is 1. The largest absolute Gasteiger partial charge is 0.508 e. The Balaban J connectivity index is 2.20. The summed E-state index contributed by atoms with van der Waals surface area (Å²) in [7, 11) is 2.59. The predicted octanol–water partition coefficient (Wildman–Crippen LogP) is 3.08. The van der Waals surface area contributed by atoms with Crippen LogP contribution in [0.5, 0.6) is 5.75 Å². The van der Waals surface area contributed by atoms with Gasteiger partial charge in [0.25, 0.3) is 0 Å². The maximum absolute atomic E-state index is 12.5. The van der Waals surface area contributed by atoms with Crippen LogP contribution in [0.25, 0.3) is 0 Å². The van der Waals surface area contributed by atoms with E-state index in [0.717, 1.165) is 15.5 Å². The summed E-state index contributed by atoms with van der Waals surface area (Å²) in [5.41, 5.74) is 0.786. The number of esters is 2. The average Bonchev–Trinajstić information content (AvgIpc) is 2.99. The van der Waals surface area contributed by atoms with Gasteiger partial charge in [-0.2, -0.15) is 0 Å². The summed E-state index contributed by atoms with van der Waals surface area (Å²) in [6, 6.07) is 6.55. The number of H-pyrrole nitrogens is 1. The van der Waals surface area contributed by atoms with Crippen LogP contribution in [0.15, 0.2) is 29.3 Å². The number of ether oxygens (including phenoxy) is 2. The first-order valence-corrected chi connectivity index (χ1v) is 9.41. The Morgan fingerprint density at radius 3 is 2.40 bits per heavy atom. The van der Waals surface area contributed by atoms with Crippen molar-refractivity contribution in [3.8, 4) is 5.75 Å². The lowest BCUT2D eigenvalue weighted by Crippen LogP contribution is -2.40. The summed E-state index contributed by atoms with van der Waals surface area (Å²) in [6.45, 7) is 0. The first-order chi connectivity index (χ1) is 12.0. The van der Waals surface area contributed by atoms with E-state index in [-0.39, 0.29) is 5.75 Å². The Hall–Kier alpha value is -1.84. The molecule has 0 saturated heterocycles. The topological polar surface area (TPSA) is 88.6 Å². The molecule has 3 unspecified atom stereocenters. The molecule has 1 aliphatic rings. The van der Waals surface area contributed by atoms with Crippen molar-refractivity contribution in [2.24, 2.45) is 5.92 Å². The Kier molecular flexibility index (Phi) is 5.16. The van der Waals surface area contributed by atoms with Crippen LogP contribution in [0.3, 0.4) is 0 Å². The van der Waals surface area contributed by atoms with E-state index < -0.39 is 29.0 Å². The van der Waals surface area contributed by atoms with Crippen LogP contribution in [-0.4, -0.2) is 41.5 Å². The van der Waals surface area contributed by atoms with E-state index in [1.54, 1.807) is 24.3 Å². The second kappa shape index (κ2) is 7.19. The summed E-state index contributed by atoms with van der Waals surface area (Å²) in [5.74, 6) is -2.06. The molecule has 2 aromatic rings. The van der Waals surface area contributed by atoms with Gasteiger partial charge in [0.05, 0.1) is 25.2 Å². The number of fused-ring (bicyclic) bond motifs is 1. The third-order valence-corrected chi connectivity index (χ3v) is 6.76. The third-order valence-electron chi connectivity index (χ3n) is 4.01. The van der Waals surface area contributed by atoms with Crippen LogP contribution in [0, 0.1) is 9.87 Å². The number of carbonyl (C=O) groups excluding carboxylic acids is 2. The number of nitrogens with one attached hydrogen (secondary N) is 1. The van der Waals surface area contributed by atoms with Crippen molar-refractivity contribution >= 4 is 47.3 Å². The normalized spacial score (nSPS) is 22.1. The molecule has 0 spiro atoms. The number of phenolic OH excluding ortho intramolecular Hbond substituents is 1. The highest BCUT2D eigenvalue weighted by atomic mass is 32.2. The first kappa shape index (κ1) is 18.0. The number of aromatic nitrogens is 1. The van der Waals surface area contributed by atoms with Gasteiger partial charge in [0.2, 0.25) is 0 Å². The Labute approximate surface area is 157 Å². The van der Waals surface area contributed by atoms with Crippen LogP contribution in [0.2, 0.25) is 0 Å². The van der Waals surface area contributed by atoms with E-state index >= 15 is 0 Å². The van der Waals surface area contributed by atoms with Gasteiger partial charge in [-0.25, -0.2) is 0 Å². The summed E-state index contributed by atoms with van der Waals surface area (Å²) in [6.07, 6.45) is 0. The number of thioether (sulfide) groups is 1. The molecular weight excluding hydrogens is 382 g/mol. The molecule has 0 bridgehead atoms. The molecule has 25 heavy (non-hydrogen) atoms. The summed E-state index contributed by atoms with van der Waals surface area (Å²) < 4.78 is 10.4. The number of phenols is 1. The number of thiazole rings is 1. The quantitative estimate of drug-likeness (QED) is 0.608. The molecule has 1 aliphatic heterocycles. The van der Waals surface area contributed by atoms with Gasteiger partial charge in [0.15, 0.2) is 3.95 Å². The maximum atomic E-state index is 12.5. The Morgan fingerprint density at radius 2 is 1.80 bits per heavy atom. The van der Waals surface area contributed by atoms with Crippen LogP contribution in [-0.2, 0) is 19.1 Å². The van der Waals surface area contributed by atoms with Crippen molar-refractivity contribution in [1.29, 1.82) is 0 Å².